The number of urea groups is 1. The van der Waals surface area contributed by atoms with E-state index in [2.05, 4.69) is 52.0 Å². The predicted molar refractivity (Wildman–Crippen MR) is 112 cm³/mol. The minimum absolute atomic E-state index is 0.0141. The van der Waals surface area contributed by atoms with Crippen molar-refractivity contribution >= 4 is 23.3 Å². The van der Waals surface area contributed by atoms with E-state index in [1.165, 1.54) is 11.1 Å². The summed E-state index contributed by atoms with van der Waals surface area (Å²) in [6.07, 6.45) is 2.01. The molecule has 0 radical (unpaired) electrons. The van der Waals surface area contributed by atoms with Crippen molar-refractivity contribution in [2.24, 2.45) is 0 Å². The Bertz CT molecular complexity index is 915. The van der Waals surface area contributed by atoms with Crippen LogP contribution in [0.1, 0.15) is 24.5 Å². The summed E-state index contributed by atoms with van der Waals surface area (Å²) >= 11 is 0. The highest BCUT2D eigenvalue weighted by Crippen LogP contribution is 2.30. The maximum absolute atomic E-state index is 12.4. The lowest BCUT2D eigenvalue weighted by atomic mass is 9.98. The Hall–Kier alpha value is -3.06. The van der Waals surface area contributed by atoms with Crippen molar-refractivity contribution in [3.8, 4) is 5.75 Å². The van der Waals surface area contributed by atoms with Gasteiger partial charge in [0.2, 0.25) is 0 Å². The maximum atomic E-state index is 12.4. The van der Waals surface area contributed by atoms with Crippen LogP contribution >= 0.6 is 0 Å². The van der Waals surface area contributed by atoms with E-state index in [-0.39, 0.29) is 24.6 Å². The van der Waals surface area contributed by atoms with Crippen LogP contribution < -0.4 is 20.7 Å². The first-order valence-electron chi connectivity index (χ1n) is 10.0. The van der Waals surface area contributed by atoms with E-state index in [0.717, 1.165) is 25.9 Å². The van der Waals surface area contributed by atoms with Crippen molar-refractivity contribution in [3.63, 3.8) is 0 Å². The molecule has 1 unspecified atom stereocenters. The fourth-order valence-corrected chi connectivity index (χ4v) is 3.90. The molecule has 2 aliphatic rings. The van der Waals surface area contributed by atoms with E-state index in [4.69, 9.17) is 4.74 Å². The van der Waals surface area contributed by atoms with Gasteiger partial charge >= 0.3 is 6.03 Å². The molecule has 0 aromatic heterocycles. The molecule has 152 valence electrons. The summed E-state index contributed by atoms with van der Waals surface area (Å²) in [5.41, 5.74) is 4.04. The summed E-state index contributed by atoms with van der Waals surface area (Å²) < 4.78 is 5.39. The molecule has 29 heavy (non-hydrogen) atoms. The first-order valence-corrected chi connectivity index (χ1v) is 10.0. The third kappa shape index (κ3) is 4.51. The average molecular weight is 394 g/mol. The summed E-state index contributed by atoms with van der Waals surface area (Å²) in [6, 6.07) is 13.8. The van der Waals surface area contributed by atoms with Crippen molar-refractivity contribution in [2.75, 3.05) is 30.3 Å². The Labute approximate surface area is 170 Å². The molecule has 2 aromatic carbocycles. The Morgan fingerprint density at radius 3 is 2.90 bits per heavy atom. The number of hydrogen-bond donors (Lipinski definition) is 3. The Morgan fingerprint density at radius 1 is 1.24 bits per heavy atom. The number of benzene rings is 2. The zero-order chi connectivity index (χ0) is 20.2. The number of nitrogens with zero attached hydrogens (tertiary/aromatic N) is 1. The van der Waals surface area contributed by atoms with E-state index in [1.807, 2.05) is 0 Å². The molecule has 1 atom stereocenters. The highest BCUT2D eigenvalue weighted by atomic mass is 16.5. The van der Waals surface area contributed by atoms with E-state index in [1.54, 1.807) is 18.2 Å². The number of anilines is 2. The van der Waals surface area contributed by atoms with Crippen molar-refractivity contribution in [1.82, 2.24) is 10.2 Å². The summed E-state index contributed by atoms with van der Waals surface area (Å²) in [5.74, 6) is 0.378. The van der Waals surface area contributed by atoms with Gasteiger partial charge in [-0.3, -0.25) is 9.69 Å². The molecule has 2 aromatic rings. The molecule has 0 saturated heterocycles. The smallest absolute Gasteiger partial charge is 0.319 e. The second-order valence-corrected chi connectivity index (χ2v) is 7.43. The fraction of sp³-hybridized carbons (Fsp3) is 0.364. The van der Waals surface area contributed by atoms with Crippen molar-refractivity contribution in [1.29, 1.82) is 0 Å². The lowest BCUT2D eigenvalue weighted by Gasteiger charge is -2.35. The van der Waals surface area contributed by atoms with Crippen LogP contribution in [0.2, 0.25) is 0 Å². The zero-order valence-electron chi connectivity index (χ0n) is 16.5. The van der Waals surface area contributed by atoms with Gasteiger partial charge in [0.15, 0.2) is 6.61 Å². The molecule has 7 nitrogen and oxygen atoms in total. The van der Waals surface area contributed by atoms with Crippen LogP contribution in [0.5, 0.6) is 5.75 Å². The van der Waals surface area contributed by atoms with Crippen molar-refractivity contribution in [3.05, 3.63) is 53.6 Å². The number of rotatable bonds is 5. The molecular weight excluding hydrogens is 368 g/mol. The largest absolute Gasteiger partial charge is 0.482 e. The molecular formula is C22H26N4O3. The van der Waals surface area contributed by atoms with Crippen LogP contribution in [0.4, 0.5) is 16.2 Å². The monoisotopic (exact) mass is 394 g/mol. The number of ether oxygens (including phenoxy) is 1. The lowest BCUT2D eigenvalue weighted by Crippen LogP contribution is -2.46. The molecule has 0 aliphatic carbocycles. The number of hydrogen-bond acceptors (Lipinski definition) is 4. The second kappa shape index (κ2) is 8.53. The summed E-state index contributed by atoms with van der Waals surface area (Å²) in [7, 11) is 0. The first-order chi connectivity index (χ1) is 14.1. The van der Waals surface area contributed by atoms with Gasteiger partial charge in [-0.25, -0.2) is 4.79 Å². The minimum Gasteiger partial charge on any atom is -0.482 e. The van der Waals surface area contributed by atoms with E-state index in [0.29, 0.717) is 23.7 Å². The Balaban J connectivity index is 1.31. The van der Waals surface area contributed by atoms with Gasteiger partial charge in [0.1, 0.15) is 5.75 Å². The molecule has 7 heteroatoms. The normalized spacial score (nSPS) is 16.7. The maximum Gasteiger partial charge on any atom is 0.319 e. The Morgan fingerprint density at radius 2 is 2.07 bits per heavy atom. The van der Waals surface area contributed by atoms with Gasteiger partial charge < -0.3 is 20.7 Å². The fourth-order valence-electron chi connectivity index (χ4n) is 3.90. The second-order valence-electron chi connectivity index (χ2n) is 7.43. The van der Waals surface area contributed by atoms with E-state index < -0.39 is 0 Å². The van der Waals surface area contributed by atoms with Crippen molar-refractivity contribution in [2.45, 2.75) is 32.4 Å². The topological polar surface area (TPSA) is 82.7 Å². The molecule has 3 N–H and O–H groups in total. The van der Waals surface area contributed by atoms with Crippen LogP contribution in [0.25, 0.3) is 0 Å². The number of nitrogens with one attached hydrogen (secondary N) is 3. The molecule has 4 rings (SSSR count). The number of amides is 3. The van der Waals surface area contributed by atoms with Gasteiger partial charge in [0.25, 0.3) is 5.91 Å². The average Bonchev–Trinajstić information content (AvgIpc) is 2.74. The highest BCUT2D eigenvalue weighted by molar-refractivity contribution is 5.96. The van der Waals surface area contributed by atoms with Gasteiger partial charge in [-0.15, -0.1) is 0 Å². The zero-order valence-corrected chi connectivity index (χ0v) is 16.5. The predicted octanol–water partition coefficient (Wildman–Crippen LogP) is 2.98. The molecule has 0 bridgehead atoms. The highest BCUT2D eigenvalue weighted by Gasteiger charge is 2.23. The van der Waals surface area contributed by atoms with E-state index >= 15 is 0 Å². The SMILES string of the molecule is CCC(CNC(=O)Nc1ccc2c(c1)OCC(=O)N2)N1CCc2ccccc2C1. The van der Waals surface area contributed by atoms with Gasteiger partial charge in [-0.1, -0.05) is 31.2 Å². The van der Waals surface area contributed by atoms with Crippen LogP contribution in [0, 0.1) is 0 Å². The van der Waals surface area contributed by atoms with Crippen LogP contribution in [-0.4, -0.2) is 42.6 Å². The third-order valence-electron chi connectivity index (χ3n) is 5.52. The summed E-state index contributed by atoms with van der Waals surface area (Å²) in [5, 5.41) is 8.56. The van der Waals surface area contributed by atoms with Crippen molar-refractivity contribution < 1.29 is 14.3 Å². The van der Waals surface area contributed by atoms with Gasteiger partial charge in [-0.05, 0) is 36.1 Å². The molecule has 0 fully saturated rings. The number of carbonyl (C=O) groups is 2. The molecule has 2 heterocycles. The van der Waals surface area contributed by atoms with Crippen LogP contribution in [0.15, 0.2) is 42.5 Å². The molecule has 0 spiro atoms. The third-order valence-corrected chi connectivity index (χ3v) is 5.52. The van der Waals surface area contributed by atoms with Crippen LogP contribution in [-0.2, 0) is 17.8 Å². The summed E-state index contributed by atoms with van der Waals surface area (Å²) in [4.78, 5) is 26.2. The Kier molecular flexibility index (Phi) is 5.67. The number of fused-ring (bicyclic) bond motifs is 2. The van der Waals surface area contributed by atoms with Gasteiger partial charge in [0, 0.05) is 37.4 Å². The number of carbonyl (C=O) groups excluding carboxylic acids is 2. The summed E-state index contributed by atoms with van der Waals surface area (Å²) in [6.45, 7) is 4.65. The standard InChI is InChI=1S/C22H26N4O3/c1-2-18(26-10-9-15-5-3-4-6-16(15)13-26)12-23-22(28)24-17-7-8-19-20(11-17)29-14-21(27)25-19/h3-8,11,18H,2,9-10,12-14H2,1H3,(H,25,27)(H2,23,24,28). The van der Waals surface area contributed by atoms with Gasteiger partial charge in [-0.2, -0.15) is 0 Å². The quantitative estimate of drug-likeness (QED) is 0.728. The van der Waals surface area contributed by atoms with Gasteiger partial charge in [0.05, 0.1) is 5.69 Å². The minimum atomic E-state index is -0.249. The lowest BCUT2D eigenvalue weighted by molar-refractivity contribution is -0.118. The first kappa shape index (κ1) is 19.3. The molecule has 2 aliphatic heterocycles. The molecule has 0 saturated carbocycles. The van der Waals surface area contributed by atoms with E-state index in [9.17, 15) is 9.59 Å². The molecule has 3 amide bonds. The van der Waals surface area contributed by atoms with Crippen LogP contribution in [0.3, 0.4) is 0 Å².